The molecule has 0 aromatic heterocycles. The van der Waals surface area contributed by atoms with Crippen molar-refractivity contribution in [2.45, 2.75) is 76.4 Å². The lowest BCUT2D eigenvalue weighted by Crippen LogP contribution is -2.32. The van der Waals surface area contributed by atoms with Crippen molar-refractivity contribution < 1.29 is 22.7 Å². The minimum Gasteiger partial charge on any atom is -0.488 e. The van der Waals surface area contributed by atoms with Crippen molar-refractivity contribution in [2.75, 3.05) is 13.1 Å². The summed E-state index contributed by atoms with van der Waals surface area (Å²) < 4.78 is 37.9. The zero-order valence-electron chi connectivity index (χ0n) is 17.2. The van der Waals surface area contributed by atoms with Crippen LogP contribution in [0.4, 0.5) is 4.79 Å². The van der Waals surface area contributed by atoms with Gasteiger partial charge in [-0.25, -0.2) is 17.9 Å². The van der Waals surface area contributed by atoms with Gasteiger partial charge in [0.25, 0.3) is 0 Å². The molecule has 1 amide bonds. The summed E-state index contributed by atoms with van der Waals surface area (Å²) in [5.74, 6) is 0.427. The maximum atomic E-state index is 12.2. The smallest absolute Gasteiger partial charge is 0.407 e. The summed E-state index contributed by atoms with van der Waals surface area (Å²) in [5, 5.41) is 2.76. The highest BCUT2D eigenvalue weighted by Crippen LogP contribution is 2.28. The molecule has 1 heterocycles. The Morgan fingerprint density at radius 2 is 1.96 bits per heavy atom. The van der Waals surface area contributed by atoms with Crippen LogP contribution >= 0.6 is 0 Å². The van der Waals surface area contributed by atoms with E-state index < -0.39 is 15.6 Å². The number of benzene rings is 1. The number of amides is 1. The molecular weight excluding hydrogens is 380 g/mol. The Morgan fingerprint density at radius 3 is 2.68 bits per heavy atom. The van der Waals surface area contributed by atoms with Gasteiger partial charge in [0.1, 0.15) is 22.4 Å². The zero-order chi connectivity index (χ0) is 20.8. The van der Waals surface area contributed by atoms with E-state index in [1.807, 2.05) is 39.8 Å². The van der Waals surface area contributed by atoms with Gasteiger partial charge in [-0.3, -0.25) is 0 Å². The van der Waals surface area contributed by atoms with Crippen molar-refractivity contribution in [2.24, 2.45) is 0 Å². The minimum absolute atomic E-state index is 0.203. The first kappa shape index (κ1) is 22.5. The van der Waals surface area contributed by atoms with Gasteiger partial charge in [0.15, 0.2) is 0 Å². The highest BCUT2D eigenvalue weighted by Gasteiger charge is 2.25. The second-order valence-electron chi connectivity index (χ2n) is 8.15. The third-order valence-electron chi connectivity index (χ3n) is 4.25. The number of rotatable bonds is 7. The van der Waals surface area contributed by atoms with E-state index in [-0.39, 0.29) is 23.6 Å². The number of hydrogen-bond acceptors (Lipinski definition) is 5. The number of ether oxygens (including phenoxy) is 2. The lowest BCUT2D eigenvalue weighted by Gasteiger charge is -2.19. The first-order valence-electron chi connectivity index (χ1n) is 9.83. The van der Waals surface area contributed by atoms with Crippen LogP contribution in [0.5, 0.6) is 5.75 Å². The van der Waals surface area contributed by atoms with Crippen LogP contribution in [0.1, 0.15) is 58.9 Å². The number of sulfonamides is 1. The van der Waals surface area contributed by atoms with Crippen LogP contribution in [-0.2, 0) is 21.2 Å². The molecule has 1 aromatic rings. The van der Waals surface area contributed by atoms with Gasteiger partial charge in [-0.1, -0.05) is 18.9 Å². The summed E-state index contributed by atoms with van der Waals surface area (Å²) in [5.41, 5.74) is 0.587. The molecule has 2 rings (SSSR count). The largest absolute Gasteiger partial charge is 0.488 e. The third-order valence-corrected chi connectivity index (χ3v) is 5.71. The molecule has 0 saturated carbocycles. The fraction of sp³-hybridized carbons (Fsp3) is 0.650. The van der Waals surface area contributed by atoms with E-state index in [4.69, 9.17) is 9.47 Å². The van der Waals surface area contributed by atoms with Crippen molar-refractivity contribution in [1.29, 1.82) is 0 Å². The maximum absolute atomic E-state index is 12.2. The van der Waals surface area contributed by atoms with Crippen molar-refractivity contribution >= 4 is 16.1 Å². The zero-order valence-corrected chi connectivity index (χ0v) is 18.0. The molecule has 0 unspecified atom stereocenters. The number of unbranched alkanes of at least 4 members (excludes halogenated alkanes) is 3. The monoisotopic (exact) mass is 412 g/mol. The number of hydrogen-bond donors (Lipinski definition) is 2. The van der Waals surface area contributed by atoms with Crippen molar-refractivity contribution in [1.82, 2.24) is 10.0 Å². The van der Waals surface area contributed by atoms with E-state index in [0.29, 0.717) is 12.3 Å². The van der Waals surface area contributed by atoms with Crippen LogP contribution in [0, 0.1) is 0 Å². The summed E-state index contributed by atoms with van der Waals surface area (Å²) >= 11 is 0. The summed E-state index contributed by atoms with van der Waals surface area (Å²) in [6.07, 6.45) is 4.20. The molecule has 1 atom stereocenters. The fourth-order valence-corrected chi connectivity index (χ4v) is 4.13. The Bertz CT molecular complexity index is 771. The van der Waals surface area contributed by atoms with E-state index >= 15 is 0 Å². The van der Waals surface area contributed by atoms with Gasteiger partial charge in [0.2, 0.25) is 10.0 Å². The number of carbonyl (C=O) groups excluding carboxylic acids is 1. The first-order chi connectivity index (χ1) is 13.1. The molecule has 28 heavy (non-hydrogen) atoms. The van der Waals surface area contributed by atoms with Crippen LogP contribution in [-0.4, -0.2) is 39.3 Å². The number of aryl methyl sites for hydroxylation is 1. The second kappa shape index (κ2) is 9.60. The Morgan fingerprint density at radius 1 is 1.25 bits per heavy atom. The van der Waals surface area contributed by atoms with Gasteiger partial charge < -0.3 is 14.8 Å². The number of fused-ring (bicyclic) bond motifs is 1. The minimum atomic E-state index is -3.50. The molecule has 0 fully saturated rings. The molecule has 1 aromatic carbocycles. The van der Waals surface area contributed by atoms with E-state index in [1.54, 1.807) is 6.07 Å². The Balaban J connectivity index is 1.72. The molecule has 8 heteroatoms. The van der Waals surface area contributed by atoms with Crippen LogP contribution in [0.3, 0.4) is 0 Å². The molecule has 0 saturated heterocycles. The van der Waals surface area contributed by atoms with Gasteiger partial charge >= 0.3 is 6.09 Å². The predicted molar refractivity (Wildman–Crippen MR) is 108 cm³/mol. The van der Waals surface area contributed by atoms with Gasteiger partial charge in [-0.2, -0.15) is 0 Å². The topological polar surface area (TPSA) is 93.7 Å². The van der Waals surface area contributed by atoms with Crippen molar-refractivity contribution in [3.8, 4) is 5.75 Å². The molecule has 0 spiro atoms. The highest BCUT2D eigenvalue weighted by molar-refractivity contribution is 7.89. The van der Waals surface area contributed by atoms with E-state index in [2.05, 4.69) is 10.0 Å². The standard InChI is InChI=1S/C20H32N2O5S/c1-15-14-22-28(24,25)18-11-10-16(13-17(18)26-15)9-7-5-6-8-12-21-19(23)27-20(2,3)4/h10-11,13,15,22H,5-9,12,14H2,1-4H3,(H,21,23)/t15-/m1/s1. The third kappa shape index (κ3) is 7.31. The van der Waals surface area contributed by atoms with Crippen molar-refractivity contribution in [3.63, 3.8) is 0 Å². The van der Waals surface area contributed by atoms with Crippen LogP contribution in [0.2, 0.25) is 0 Å². The lowest BCUT2D eigenvalue weighted by molar-refractivity contribution is 0.0527. The van der Waals surface area contributed by atoms with Crippen LogP contribution in [0.25, 0.3) is 0 Å². The number of alkyl carbamates (subject to hydrolysis) is 1. The lowest BCUT2D eigenvalue weighted by atomic mass is 10.1. The molecule has 7 nitrogen and oxygen atoms in total. The van der Waals surface area contributed by atoms with Crippen LogP contribution < -0.4 is 14.8 Å². The number of carbonyl (C=O) groups is 1. The van der Waals surface area contributed by atoms with Gasteiger partial charge in [0.05, 0.1) is 0 Å². The van der Waals surface area contributed by atoms with Gasteiger partial charge in [0, 0.05) is 13.1 Å². The van der Waals surface area contributed by atoms with E-state index in [1.165, 1.54) is 0 Å². The average Bonchev–Trinajstić information content (AvgIpc) is 2.68. The Hall–Kier alpha value is -1.80. The molecular formula is C20H32N2O5S. The molecule has 158 valence electrons. The molecule has 1 aliphatic rings. The molecule has 0 radical (unpaired) electrons. The molecule has 1 aliphatic heterocycles. The van der Waals surface area contributed by atoms with E-state index in [0.717, 1.165) is 37.7 Å². The van der Waals surface area contributed by atoms with E-state index in [9.17, 15) is 13.2 Å². The molecule has 2 N–H and O–H groups in total. The quantitative estimate of drug-likeness (QED) is 0.670. The van der Waals surface area contributed by atoms with Crippen LogP contribution in [0.15, 0.2) is 23.1 Å². The maximum Gasteiger partial charge on any atom is 0.407 e. The second-order valence-corrected chi connectivity index (χ2v) is 9.89. The Labute approximate surface area is 168 Å². The molecule has 0 bridgehead atoms. The highest BCUT2D eigenvalue weighted by atomic mass is 32.2. The fourth-order valence-electron chi connectivity index (χ4n) is 2.90. The summed E-state index contributed by atoms with van der Waals surface area (Å²) in [6.45, 7) is 8.23. The van der Waals surface area contributed by atoms with Crippen molar-refractivity contribution in [3.05, 3.63) is 23.8 Å². The average molecular weight is 413 g/mol. The first-order valence-corrected chi connectivity index (χ1v) is 11.3. The van der Waals surface area contributed by atoms with Gasteiger partial charge in [-0.15, -0.1) is 0 Å². The number of nitrogens with one attached hydrogen (secondary N) is 2. The SMILES string of the molecule is C[C@@H]1CNS(=O)(=O)c2ccc(CCCCCCNC(=O)OC(C)(C)C)cc2O1. The summed E-state index contributed by atoms with van der Waals surface area (Å²) in [7, 11) is -3.50. The van der Waals surface area contributed by atoms with Gasteiger partial charge in [-0.05, 0) is 64.7 Å². The summed E-state index contributed by atoms with van der Waals surface area (Å²) in [4.78, 5) is 11.8. The molecule has 0 aliphatic carbocycles. The predicted octanol–water partition coefficient (Wildman–Crippen LogP) is 3.37. The normalized spacial score (nSPS) is 18.5. The summed E-state index contributed by atoms with van der Waals surface area (Å²) in [6, 6.07) is 5.30. The Kier molecular flexibility index (Phi) is 7.71.